The molecule has 0 spiro atoms. The third-order valence-corrected chi connectivity index (χ3v) is 2.39. The van der Waals surface area contributed by atoms with E-state index in [0.717, 1.165) is 0 Å². The molecule has 0 saturated heterocycles. The van der Waals surface area contributed by atoms with Crippen LogP contribution >= 0.6 is 0 Å². The quantitative estimate of drug-likeness (QED) is 0.366. The van der Waals surface area contributed by atoms with Crippen LogP contribution in [0, 0.1) is 0 Å². The minimum atomic E-state index is -0.923. The van der Waals surface area contributed by atoms with E-state index < -0.39 is 6.29 Å². The van der Waals surface area contributed by atoms with Crippen molar-refractivity contribution in [2.24, 2.45) is 0 Å². The topological polar surface area (TPSA) is 54.0 Å². The summed E-state index contributed by atoms with van der Waals surface area (Å²) in [6.45, 7) is 1.41. The van der Waals surface area contributed by atoms with Gasteiger partial charge >= 0.3 is 0 Å². The summed E-state index contributed by atoms with van der Waals surface area (Å²) in [6.07, 6.45) is -0.923. The van der Waals surface area contributed by atoms with E-state index in [-0.39, 0.29) is 5.78 Å². The second-order valence-electron chi connectivity index (χ2n) is 3.79. The average Bonchev–Trinajstić information content (AvgIpc) is 2.46. The Bertz CT molecular complexity index is 342. The molecule has 0 atom stereocenters. The molecular formula is C14H20O5. The van der Waals surface area contributed by atoms with Crippen LogP contribution in [0.25, 0.3) is 0 Å². The molecule has 0 fully saturated rings. The van der Waals surface area contributed by atoms with Gasteiger partial charge in [-0.25, -0.2) is 0 Å². The summed E-state index contributed by atoms with van der Waals surface area (Å²) in [7, 11) is 3.15. The molecule has 0 aromatic heterocycles. The van der Waals surface area contributed by atoms with Gasteiger partial charge in [0.25, 0.3) is 0 Å². The number of ether oxygens (including phenoxy) is 4. The zero-order valence-corrected chi connectivity index (χ0v) is 11.3. The fourth-order valence-electron chi connectivity index (χ4n) is 1.41. The molecule has 0 saturated carbocycles. The number of ketones is 1. The zero-order valence-electron chi connectivity index (χ0n) is 11.3. The minimum Gasteiger partial charge on any atom is -0.382 e. The molecule has 1 aromatic rings. The van der Waals surface area contributed by atoms with Crippen LogP contribution < -0.4 is 0 Å². The van der Waals surface area contributed by atoms with Gasteiger partial charge in [-0.05, 0) is 0 Å². The van der Waals surface area contributed by atoms with Gasteiger partial charge in [-0.15, -0.1) is 0 Å². The molecule has 5 heteroatoms. The van der Waals surface area contributed by atoms with Crippen molar-refractivity contribution >= 4 is 5.78 Å². The van der Waals surface area contributed by atoms with Crippen LogP contribution in [-0.2, 0) is 18.9 Å². The van der Waals surface area contributed by atoms with E-state index in [1.807, 2.05) is 6.07 Å². The highest BCUT2D eigenvalue weighted by Crippen LogP contribution is 2.08. The van der Waals surface area contributed by atoms with Gasteiger partial charge in [0.05, 0.1) is 26.4 Å². The van der Waals surface area contributed by atoms with Crippen molar-refractivity contribution in [1.29, 1.82) is 0 Å². The molecular weight excluding hydrogens is 248 g/mol. The van der Waals surface area contributed by atoms with Crippen LogP contribution in [-0.4, -0.2) is 52.7 Å². The van der Waals surface area contributed by atoms with Crippen molar-refractivity contribution in [1.82, 2.24) is 0 Å². The first-order chi connectivity index (χ1) is 9.29. The van der Waals surface area contributed by atoms with Gasteiger partial charge in [0.15, 0.2) is 0 Å². The van der Waals surface area contributed by atoms with E-state index in [1.165, 1.54) is 0 Å². The van der Waals surface area contributed by atoms with E-state index in [0.29, 0.717) is 32.0 Å². The Kier molecular flexibility index (Phi) is 8.00. The molecule has 0 aliphatic rings. The number of benzene rings is 1. The molecule has 0 aliphatic carbocycles. The molecule has 0 bridgehead atoms. The Morgan fingerprint density at radius 1 is 0.947 bits per heavy atom. The highest BCUT2D eigenvalue weighted by atomic mass is 16.7. The number of hydrogen-bond acceptors (Lipinski definition) is 5. The summed E-state index contributed by atoms with van der Waals surface area (Å²) < 4.78 is 20.6. The third kappa shape index (κ3) is 5.94. The lowest BCUT2D eigenvalue weighted by atomic mass is 10.1. The minimum absolute atomic E-state index is 0.201. The number of rotatable bonds is 10. The standard InChI is InChI=1S/C14H20O5/c1-16-8-10-18-14(19-11-9-17-2)13(15)12-6-4-3-5-7-12/h3-7,14H,8-11H2,1-2H3. The predicted octanol–water partition coefficient (Wildman–Crippen LogP) is 1.52. The summed E-state index contributed by atoms with van der Waals surface area (Å²) in [5.74, 6) is -0.201. The second-order valence-corrected chi connectivity index (χ2v) is 3.79. The normalized spacial score (nSPS) is 10.9. The largest absolute Gasteiger partial charge is 0.382 e. The molecule has 106 valence electrons. The maximum absolute atomic E-state index is 12.2. The summed E-state index contributed by atoms with van der Waals surface area (Å²) in [5, 5.41) is 0. The van der Waals surface area contributed by atoms with Crippen molar-refractivity contribution < 1.29 is 23.7 Å². The predicted molar refractivity (Wildman–Crippen MR) is 70.2 cm³/mol. The average molecular weight is 268 g/mol. The van der Waals surface area contributed by atoms with Gasteiger partial charge in [0, 0.05) is 19.8 Å². The fourth-order valence-corrected chi connectivity index (χ4v) is 1.41. The second kappa shape index (κ2) is 9.63. The van der Waals surface area contributed by atoms with Crippen molar-refractivity contribution in [3.05, 3.63) is 35.9 Å². The molecule has 1 rings (SSSR count). The van der Waals surface area contributed by atoms with Crippen molar-refractivity contribution in [3.8, 4) is 0 Å². The molecule has 0 amide bonds. The van der Waals surface area contributed by atoms with Crippen LogP contribution in [0.4, 0.5) is 0 Å². The number of hydrogen-bond donors (Lipinski definition) is 0. The van der Waals surface area contributed by atoms with Crippen LogP contribution in [0.3, 0.4) is 0 Å². The lowest BCUT2D eigenvalue weighted by Gasteiger charge is -2.17. The number of carbonyl (C=O) groups is 1. The summed E-state index contributed by atoms with van der Waals surface area (Å²) in [6, 6.07) is 8.91. The van der Waals surface area contributed by atoms with Crippen LogP contribution in [0.1, 0.15) is 10.4 Å². The van der Waals surface area contributed by atoms with Gasteiger partial charge in [0.2, 0.25) is 12.1 Å². The maximum Gasteiger partial charge on any atom is 0.222 e. The molecule has 0 heterocycles. The summed E-state index contributed by atoms with van der Waals surface area (Å²) in [4.78, 5) is 12.2. The Morgan fingerprint density at radius 2 is 1.47 bits per heavy atom. The van der Waals surface area contributed by atoms with E-state index in [9.17, 15) is 4.79 Å². The first-order valence-electron chi connectivity index (χ1n) is 6.10. The number of carbonyl (C=O) groups excluding carboxylic acids is 1. The van der Waals surface area contributed by atoms with Crippen molar-refractivity contribution in [2.45, 2.75) is 6.29 Å². The highest BCUT2D eigenvalue weighted by molar-refractivity contribution is 5.98. The smallest absolute Gasteiger partial charge is 0.222 e. The van der Waals surface area contributed by atoms with Gasteiger partial charge in [-0.3, -0.25) is 4.79 Å². The SMILES string of the molecule is COCCOC(OCCOC)C(=O)c1ccccc1. The van der Waals surface area contributed by atoms with E-state index >= 15 is 0 Å². The molecule has 0 unspecified atom stereocenters. The third-order valence-electron chi connectivity index (χ3n) is 2.39. The molecule has 0 N–H and O–H groups in total. The first-order valence-corrected chi connectivity index (χ1v) is 6.10. The lowest BCUT2D eigenvalue weighted by molar-refractivity contribution is -0.128. The Hall–Kier alpha value is -1.27. The Balaban J connectivity index is 2.57. The van der Waals surface area contributed by atoms with E-state index in [1.54, 1.807) is 38.5 Å². The first kappa shape index (κ1) is 15.8. The van der Waals surface area contributed by atoms with Crippen molar-refractivity contribution in [2.75, 3.05) is 40.6 Å². The molecule has 1 aromatic carbocycles. The molecule has 0 radical (unpaired) electrons. The Labute approximate surface area is 113 Å². The van der Waals surface area contributed by atoms with Crippen molar-refractivity contribution in [3.63, 3.8) is 0 Å². The zero-order chi connectivity index (χ0) is 13.9. The molecule has 19 heavy (non-hydrogen) atoms. The van der Waals surface area contributed by atoms with Crippen LogP contribution in [0.2, 0.25) is 0 Å². The fraction of sp³-hybridized carbons (Fsp3) is 0.500. The van der Waals surface area contributed by atoms with E-state index in [4.69, 9.17) is 18.9 Å². The van der Waals surface area contributed by atoms with E-state index in [2.05, 4.69) is 0 Å². The Morgan fingerprint density at radius 3 is 1.95 bits per heavy atom. The highest BCUT2D eigenvalue weighted by Gasteiger charge is 2.21. The van der Waals surface area contributed by atoms with Gasteiger partial charge in [-0.1, -0.05) is 30.3 Å². The van der Waals surface area contributed by atoms with Crippen LogP contribution in [0.15, 0.2) is 30.3 Å². The van der Waals surface area contributed by atoms with Gasteiger partial charge in [-0.2, -0.15) is 0 Å². The van der Waals surface area contributed by atoms with Crippen LogP contribution in [0.5, 0.6) is 0 Å². The summed E-state index contributed by atoms with van der Waals surface area (Å²) >= 11 is 0. The summed E-state index contributed by atoms with van der Waals surface area (Å²) in [5.41, 5.74) is 0.558. The lowest BCUT2D eigenvalue weighted by Crippen LogP contribution is -2.30. The maximum atomic E-state index is 12.2. The number of methoxy groups -OCH3 is 2. The number of Topliss-reactive ketones (excluding diaryl/α,β-unsaturated/α-hetero) is 1. The molecule has 5 nitrogen and oxygen atoms in total. The van der Waals surface area contributed by atoms with Gasteiger partial charge in [0.1, 0.15) is 0 Å². The molecule has 0 aliphatic heterocycles. The monoisotopic (exact) mass is 268 g/mol. The van der Waals surface area contributed by atoms with Gasteiger partial charge < -0.3 is 18.9 Å².